The van der Waals surface area contributed by atoms with Crippen LogP contribution in [0, 0.1) is 17.0 Å². The molecule has 1 aromatic heterocycles. The molecule has 2 rings (SSSR count). The van der Waals surface area contributed by atoms with Gasteiger partial charge in [-0.25, -0.2) is 18.6 Å². The molecule has 0 saturated heterocycles. The fraction of sp³-hybridized carbons (Fsp3) is 0.167. The van der Waals surface area contributed by atoms with Gasteiger partial charge in [0.1, 0.15) is 17.2 Å². The number of esters is 1. The van der Waals surface area contributed by atoms with E-state index in [1.165, 1.54) is 25.3 Å². The number of hydrogen-bond donors (Lipinski definition) is 3. The highest BCUT2D eigenvalue weighted by Gasteiger charge is 2.17. The fourth-order valence-electron chi connectivity index (χ4n) is 2.19. The number of carbonyl (C=O) groups is 1. The number of methoxy groups -OCH3 is 1. The predicted octanol–water partition coefficient (Wildman–Crippen LogP) is 3.21. The summed E-state index contributed by atoms with van der Waals surface area (Å²) in [5.74, 6) is -3.43. The van der Waals surface area contributed by atoms with E-state index in [0.29, 0.717) is 6.07 Å². The van der Waals surface area contributed by atoms with Gasteiger partial charge in [0.05, 0.1) is 19.4 Å². The number of hydrogen-bond acceptors (Lipinski definition) is 7. The highest BCUT2D eigenvalue weighted by molar-refractivity contribution is 6.09. The normalized spacial score (nSPS) is 11.4. The Balaban J connectivity index is 2.43. The Morgan fingerprint density at radius 1 is 1.37 bits per heavy atom. The van der Waals surface area contributed by atoms with Gasteiger partial charge in [-0.1, -0.05) is 6.07 Å². The summed E-state index contributed by atoms with van der Waals surface area (Å²) in [6.45, 7) is 1.74. The standard InChI is InChI=1S/C18H17F2N3O4/c1-3-27-18(25)12(9-21)17(26-2)23-15-6-4-5-14(22-15)11-7-10(19)8-13(20)16(11)24/h4-9,21,24H,3H2,1-2H3,(H,22,23)/b17-12-,21-9?. The SMILES string of the molecule is CCOC(=O)/C(C=N)=C(/Nc1cccc(-c2cc(F)cc(F)c2O)n1)OC. The number of carbonyl (C=O) groups excluding carboxylic acids is 1. The van der Waals surface area contributed by atoms with Gasteiger partial charge in [0.25, 0.3) is 0 Å². The van der Waals surface area contributed by atoms with Gasteiger partial charge in [-0.3, -0.25) is 0 Å². The van der Waals surface area contributed by atoms with Crippen molar-refractivity contribution >= 4 is 18.0 Å². The summed E-state index contributed by atoms with van der Waals surface area (Å²) in [7, 11) is 1.28. The minimum absolute atomic E-state index is 0.0823. The number of phenols is 1. The van der Waals surface area contributed by atoms with Gasteiger partial charge < -0.3 is 25.3 Å². The van der Waals surface area contributed by atoms with Crippen LogP contribution in [0.5, 0.6) is 5.75 Å². The monoisotopic (exact) mass is 377 g/mol. The van der Waals surface area contributed by atoms with Crippen molar-refractivity contribution in [1.29, 1.82) is 5.41 Å². The third kappa shape index (κ3) is 4.57. The number of aromatic hydroxyl groups is 1. The highest BCUT2D eigenvalue weighted by atomic mass is 19.1. The van der Waals surface area contributed by atoms with Crippen LogP contribution in [-0.4, -0.2) is 36.0 Å². The minimum atomic E-state index is -1.11. The Bertz CT molecular complexity index is 900. The lowest BCUT2D eigenvalue weighted by atomic mass is 10.1. The van der Waals surface area contributed by atoms with Crippen LogP contribution in [0.1, 0.15) is 6.92 Å². The average molecular weight is 377 g/mol. The van der Waals surface area contributed by atoms with Crippen molar-refractivity contribution in [2.45, 2.75) is 6.92 Å². The van der Waals surface area contributed by atoms with Crippen LogP contribution in [-0.2, 0) is 14.3 Å². The second-order valence-corrected chi connectivity index (χ2v) is 5.13. The summed E-state index contributed by atoms with van der Waals surface area (Å²) in [5, 5.41) is 19.9. The molecular formula is C18H17F2N3O4. The molecule has 0 fully saturated rings. The van der Waals surface area contributed by atoms with Gasteiger partial charge in [0, 0.05) is 17.8 Å². The van der Waals surface area contributed by atoms with Gasteiger partial charge in [-0.15, -0.1) is 0 Å². The van der Waals surface area contributed by atoms with Gasteiger partial charge in [0.15, 0.2) is 11.6 Å². The van der Waals surface area contributed by atoms with Crippen LogP contribution in [0.2, 0.25) is 0 Å². The lowest BCUT2D eigenvalue weighted by molar-refractivity contribution is -0.138. The molecule has 142 valence electrons. The maximum absolute atomic E-state index is 13.6. The van der Waals surface area contributed by atoms with E-state index in [1.54, 1.807) is 6.92 Å². The largest absolute Gasteiger partial charge is 0.504 e. The smallest absolute Gasteiger partial charge is 0.345 e. The first-order chi connectivity index (χ1) is 12.9. The lowest BCUT2D eigenvalue weighted by Crippen LogP contribution is -2.16. The maximum atomic E-state index is 13.6. The van der Waals surface area contributed by atoms with E-state index in [2.05, 4.69) is 10.3 Å². The van der Waals surface area contributed by atoms with E-state index in [9.17, 15) is 18.7 Å². The van der Waals surface area contributed by atoms with Gasteiger partial charge in [0.2, 0.25) is 5.88 Å². The van der Waals surface area contributed by atoms with E-state index in [-0.39, 0.29) is 35.1 Å². The maximum Gasteiger partial charge on any atom is 0.345 e. The second-order valence-electron chi connectivity index (χ2n) is 5.13. The molecule has 0 aliphatic carbocycles. The molecule has 1 aromatic carbocycles. The van der Waals surface area contributed by atoms with Crippen molar-refractivity contribution in [3.63, 3.8) is 0 Å². The molecule has 0 aliphatic rings. The van der Waals surface area contributed by atoms with E-state index in [0.717, 1.165) is 12.3 Å². The molecule has 7 nitrogen and oxygen atoms in total. The molecule has 0 atom stereocenters. The minimum Gasteiger partial charge on any atom is -0.504 e. The molecule has 1 heterocycles. The number of anilines is 1. The first-order valence-corrected chi connectivity index (χ1v) is 7.79. The molecular weight excluding hydrogens is 360 g/mol. The van der Waals surface area contributed by atoms with Gasteiger partial charge in [-0.05, 0) is 25.1 Å². The number of ether oxygens (including phenoxy) is 2. The van der Waals surface area contributed by atoms with Crippen molar-refractivity contribution in [2.24, 2.45) is 0 Å². The first kappa shape index (κ1) is 19.8. The van der Waals surface area contributed by atoms with Crippen molar-refractivity contribution in [2.75, 3.05) is 19.0 Å². The van der Waals surface area contributed by atoms with Crippen LogP contribution in [0.15, 0.2) is 41.8 Å². The zero-order chi connectivity index (χ0) is 20.0. The summed E-state index contributed by atoms with van der Waals surface area (Å²) in [5.41, 5.74) is -0.234. The third-order valence-corrected chi connectivity index (χ3v) is 3.38. The number of nitrogens with zero attached hydrogens (tertiary/aromatic N) is 1. The highest BCUT2D eigenvalue weighted by Crippen LogP contribution is 2.31. The zero-order valence-corrected chi connectivity index (χ0v) is 14.5. The Kier molecular flexibility index (Phi) is 6.42. The fourth-order valence-corrected chi connectivity index (χ4v) is 2.19. The zero-order valence-electron chi connectivity index (χ0n) is 14.5. The Labute approximate surface area is 153 Å². The molecule has 0 radical (unpaired) electrons. The molecule has 2 aromatic rings. The summed E-state index contributed by atoms with van der Waals surface area (Å²) in [6, 6.07) is 5.97. The van der Waals surface area contributed by atoms with Crippen molar-refractivity contribution in [3.8, 4) is 17.0 Å². The third-order valence-electron chi connectivity index (χ3n) is 3.38. The van der Waals surface area contributed by atoms with Crippen molar-refractivity contribution < 1.29 is 28.2 Å². The molecule has 0 amide bonds. The van der Waals surface area contributed by atoms with Crippen LogP contribution in [0.4, 0.5) is 14.6 Å². The Morgan fingerprint density at radius 2 is 2.11 bits per heavy atom. The van der Waals surface area contributed by atoms with Crippen LogP contribution in [0.3, 0.4) is 0 Å². The molecule has 27 heavy (non-hydrogen) atoms. The summed E-state index contributed by atoms with van der Waals surface area (Å²) in [4.78, 5) is 16.0. The Hall–Kier alpha value is -3.49. The van der Waals surface area contributed by atoms with E-state index < -0.39 is 23.4 Å². The van der Waals surface area contributed by atoms with Crippen LogP contribution in [0.25, 0.3) is 11.3 Å². The molecule has 0 saturated carbocycles. The number of benzene rings is 1. The molecule has 0 spiro atoms. The number of aromatic nitrogens is 1. The van der Waals surface area contributed by atoms with Crippen LogP contribution < -0.4 is 5.32 Å². The van der Waals surface area contributed by atoms with E-state index >= 15 is 0 Å². The summed E-state index contributed by atoms with van der Waals surface area (Å²) < 4.78 is 37.0. The number of rotatable bonds is 7. The lowest BCUT2D eigenvalue weighted by Gasteiger charge is -2.13. The second kappa shape index (κ2) is 8.75. The van der Waals surface area contributed by atoms with Crippen molar-refractivity contribution in [1.82, 2.24) is 4.98 Å². The number of phenolic OH excluding ortho intramolecular Hbond substituents is 1. The molecule has 9 heteroatoms. The number of pyridine rings is 1. The quantitative estimate of drug-likeness (QED) is 0.296. The van der Waals surface area contributed by atoms with Crippen molar-refractivity contribution in [3.05, 3.63) is 53.4 Å². The van der Waals surface area contributed by atoms with Gasteiger partial charge in [-0.2, -0.15) is 0 Å². The van der Waals surface area contributed by atoms with E-state index in [4.69, 9.17) is 14.9 Å². The van der Waals surface area contributed by atoms with Gasteiger partial charge >= 0.3 is 5.97 Å². The Morgan fingerprint density at radius 3 is 2.74 bits per heavy atom. The van der Waals surface area contributed by atoms with Crippen LogP contribution >= 0.6 is 0 Å². The average Bonchev–Trinajstić information content (AvgIpc) is 2.64. The molecule has 0 unspecified atom stereocenters. The molecule has 0 bridgehead atoms. The number of halogens is 2. The summed E-state index contributed by atoms with van der Waals surface area (Å²) in [6.07, 6.45) is 0.765. The molecule has 0 aliphatic heterocycles. The first-order valence-electron chi connectivity index (χ1n) is 7.79. The predicted molar refractivity (Wildman–Crippen MR) is 94.3 cm³/mol. The van der Waals surface area contributed by atoms with E-state index in [1.807, 2.05) is 0 Å². The number of nitrogens with one attached hydrogen (secondary N) is 2. The topological polar surface area (TPSA) is 105 Å². The summed E-state index contributed by atoms with van der Waals surface area (Å²) >= 11 is 0. The molecule has 3 N–H and O–H groups in total.